The number of aromatic nitrogens is 2. The van der Waals surface area contributed by atoms with Crippen LogP contribution in [0.25, 0.3) is 10.9 Å². The number of anilines is 2. The van der Waals surface area contributed by atoms with E-state index in [9.17, 15) is 0 Å². The van der Waals surface area contributed by atoms with E-state index >= 15 is 0 Å². The standard InChI is InChI=1S/C15H14N3OP.C2H6.CH5OP/c1-10-7-12-13(8-14(10)19-20)16-9-17-15(12)18-11-5-3-2-4-6-11;1-2;1-2-3/h2-9H,20H2,1H3,(H,16,17,18);1-2H3;3H2,1H3. The molecule has 1 aromatic heterocycles. The summed E-state index contributed by atoms with van der Waals surface area (Å²) in [5.74, 6) is 1.59. The number of aryl methyl sites for hydroxylation is 1. The van der Waals surface area contributed by atoms with Gasteiger partial charge in [-0.1, -0.05) is 32.0 Å². The van der Waals surface area contributed by atoms with Crippen LogP contribution in [-0.4, -0.2) is 17.1 Å². The summed E-state index contributed by atoms with van der Waals surface area (Å²) in [6, 6.07) is 13.9. The Labute approximate surface area is 154 Å². The molecule has 7 heteroatoms. The van der Waals surface area contributed by atoms with Gasteiger partial charge in [0.2, 0.25) is 0 Å². The van der Waals surface area contributed by atoms with Crippen molar-refractivity contribution < 1.29 is 9.05 Å². The average molecular weight is 377 g/mol. The monoisotopic (exact) mass is 377 g/mol. The topological polar surface area (TPSA) is 56.3 Å². The van der Waals surface area contributed by atoms with Crippen molar-refractivity contribution >= 4 is 41.3 Å². The molecule has 3 aromatic rings. The van der Waals surface area contributed by atoms with Crippen molar-refractivity contribution in [3.63, 3.8) is 0 Å². The van der Waals surface area contributed by atoms with Crippen LogP contribution >= 0.6 is 18.9 Å². The van der Waals surface area contributed by atoms with Crippen molar-refractivity contribution in [1.82, 2.24) is 9.97 Å². The molecule has 1 N–H and O–H groups in total. The van der Waals surface area contributed by atoms with E-state index in [1.807, 2.05) is 63.2 Å². The van der Waals surface area contributed by atoms with Gasteiger partial charge in [-0.2, -0.15) is 0 Å². The van der Waals surface area contributed by atoms with Crippen LogP contribution in [0.1, 0.15) is 19.4 Å². The van der Waals surface area contributed by atoms with Crippen molar-refractivity contribution in [2.24, 2.45) is 0 Å². The first-order valence-electron chi connectivity index (χ1n) is 7.86. The highest BCUT2D eigenvalue weighted by Gasteiger charge is 2.08. The lowest BCUT2D eigenvalue weighted by Crippen LogP contribution is -1.96. The second kappa shape index (κ2) is 11.7. The predicted molar refractivity (Wildman–Crippen MR) is 112 cm³/mol. The second-order valence-corrected chi connectivity index (χ2v) is 5.41. The van der Waals surface area contributed by atoms with Crippen LogP contribution in [0.4, 0.5) is 11.5 Å². The maximum Gasteiger partial charge on any atom is 0.141 e. The van der Waals surface area contributed by atoms with Gasteiger partial charge in [-0.25, -0.2) is 9.97 Å². The van der Waals surface area contributed by atoms with Crippen LogP contribution in [-0.2, 0) is 4.52 Å². The fourth-order valence-corrected chi connectivity index (χ4v) is 2.33. The zero-order chi connectivity index (χ0) is 18.7. The second-order valence-electron chi connectivity index (χ2n) is 4.70. The Bertz CT molecular complexity index is 771. The van der Waals surface area contributed by atoms with Crippen molar-refractivity contribution in [3.8, 4) is 5.75 Å². The lowest BCUT2D eigenvalue weighted by molar-refractivity contribution is 0.488. The predicted octanol–water partition coefficient (Wildman–Crippen LogP) is 5.30. The summed E-state index contributed by atoms with van der Waals surface area (Å²) < 4.78 is 9.41. The molecule has 134 valence electrons. The summed E-state index contributed by atoms with van der Waals surface area (Å²) in [5, 5.41) is 4.29. The Hall–Kier alpha value is -1.80. The third-order valence-electron chi connectivity index (χ3n) is 3.10. The first-order chi connectivity index (χ1) is 12.2. The minimum absolute atomic E-state index is 0.791. The Morgan fingerprint density at radius 3 is 2.24 bits per heavy atom. The van der Waals surface area contributed by atoms with E-state index in [4.69, 9.17) is 4.52 Å². The number of hydrogen-bond donors (Lipinski definition) is 1. The van der Waals surface area contributed by atoms with Crippen molar-refractivity contribution in [1.29, 1.82) is 0 Å². The number of para-hydroxylation sites is 1. The molecule has 2 atom stereocenters. The van der Waals surface area contributed by atoms with E-state index in [-0.39, 0.29) is 0 Å². The highest BCUT2D eigenvalue weighted by molar-refractivity contribution is 7.10. The first-order valence-corrected chi connectivity index (χ1v) is 8.81. The van der Waals surface area contributed by atoms with Crippen LogP contribution in [0.5, 0.6) is 5.75 Å². The van der Waals surface area contributed by atoms with E-state index in [0.717, 1.165) is 33.7 Å². The number of fused-ring (bicyclic) bond motifs is 1. The van der Waals surface area contributed by atoms with E-state index in [1.54, 1.807) is 13.4 Å². The number of nitrogens with one attached hydrogen (secondary N) is 1. The molecule has 0 spiro atoms. The normalized spacial score (nSPS) is 9.36. The van der Waals surface area contributed by atoms with Crippen molar-refractivity contribution in [2.75, 3.05) is 12.4 Å². The zero-order valence-corrected chi connectivity index (χ0v) is 17.3. The molecule has 5 nitrogen and oxygen atoms in total. The van der Waals surface area contributed by atoms with Gasteiger partial charge in [0.05, 0.1) is 15.0 Å². The molecule has 2 unspecified atom stereocenters. The first kappa shape index (κ1) is 21.2. The van der Waals surface area contributed by atoms with Gasteiger partial charge in [0, 0.05) is 24.2 Å². The van der Waals surface area contributed by atoms with Crippen LogP contribution in [0.15, 0.2) is 48.8 Å². The molecule has 0 amide bonds. The molecule has 0 saturated carbocycles. The maximum absolute atomic E-state index is 5.25. The van der Waals surface area contributed by atoms with Crippen LogP contribution in [0.3, 0.4) is 0 Å². The van der Waals surface area contributed by atoms with Crippen LogP contribution < -0.4 is 9.84 Å². The van der Waals surface area contributed by atoms with Gasteiger partial charge < -0.3 is 14.4 Å². The molecule has 0 saturated heterocycles. The molecule has 0 fully saturated rings. The van der Waals surface area contributed by atoms with Gasteiger partial charge in [0.1, 0.15) is 17.9 Å². The highest BCUT2D eigenvalue weighted by atomic mass is 31.0. The molecule has 0 radical (unpaired) electrons. The lowest BCUT2D eigenvalue weighted by Gasteiger charge is -2.10. The smallest absolute Gasteiger partial charge is 0.141 e. The van der Waals surface area contributed by atoms with Crippen LogP contribution in [0, 0.1) is 6.92 Å². The maximum atomic E-state index is 5.25. The van der Waals surface area contributed by atoms with Gasteiger partial charge in [0.15, 0.2) is 0 Å². The Morgan fingerprint density at radius 2 is 1.64 bits per heavy atom. The van der Waals surface area contributed by atoms with Crippen LogP contribution in [0.2, 0.25) is 0 Å². The molecule has 1 heterocycles. The molecule has 0 bridgehead atoms. The molecule has 0 aliphatic heterocycles. The lowest BCUT2D eigenvalue weighted by atomic mass is 10.1. The molecule has 0 aliphatic carbocycles. The van der Waals surface area contributed by atoms with Gasteiger partial charge >= 0.3 is 0 Å². The summed E-state index contributed by atoms with van der Waals surface area (Å²) in [4.78, 5) is 8.62. The summed E-state index contributed by atoms with van der Waals surface area (Å²) in [6.45, 7) is 6.00. The SMILES string of the molecule is CC.COP.Cc1cc2c(Nc3ccccc3)ncnc2cc1OP. The summed E-state index contributed by atoms with van der Waals surface area (Å²) in [7, 11) is 5.93. The molecular weight excluding hydrogens is 352 g/mol. The average Bonchev–Trinajstić information content (AvgIpc) is 2.65. The quantitative estimate of drug-likeness (QED) is 0.628. The number of hydrogen-bond acceptors (Lipinski definition) is 5. The van der Waals surface area contributed by atoms with Gasteiger partial charge in [-0.15, -0.1) is 0 Å². The third kappa shape index (κ3) is 6.21. The molecule has 25 heavy (non-hydrogen) atoms. The van der Waals surface area contributed by atoms with E-state index in [2.05, 4.69) is 38.7 Å². The molecular formula is C18H25N3O2P2. The third-order valence-corrected chi connectivity index (χ3v) is 3.35. The van der Waals surface area contributed by atoms with Gasteiger partial charge in [0.25, 0.3) is 0 Å². The van der Waals surface area contributed by atoms with Crippen molar-refractivity contribution in [2.45, 2.75) is 20.8 Å². The van der Waals surface area contributed by atoms with E-state index in [1.165, 1.54) is 0 Å². The zero-order valence-electron chi connectivity index (χ0n) is 15.0. The minimum atomic E-state index is 0.791. The molecule has 2 aromatic carbocycles. The summed E-state index contributed by atoms with van der Waals surface area (Å²) in [6.07, 6.45) is 1.55. The largest absolute Gasteiger partial charge is 0.480 e. The highest BCUT2D eigenvalue weighted by Crippen LogP contribution is 2.29. The molecule has 3 rings (SSSR count). The van der Waals surface area contributed by atoms with E-state index < -0.39 is 0 Å². The Kier molecular flexibility index (Phi) is 9.94. The summed E-state index contributed by atoms with van der Waals surface area (Å²) in [5.41, 5.74) is 2.89. The minimum Gasteiger partial charge on any atom is -0.480 e. The summed E-state index contributed by atoms with van der Waals surface area (Å²) >= 11 is 0. The van der Waals surface area contributed by atoms with Gasteiger partial charge in [-0.3, -0.25) is 0 Å². The van der Waals surface area contributed by atoms with E-state index in [0.29, 0.717) is 0 Å². The Morgan fingerprint density at radius 1 is 1.00 bits per heavy atom. The number of benzene rings is 2. The van der Waals surface area contributed by atoms with Gasteiger partial charge in [-0.05, 0) is 40.2 Å². The fraction of sp³-hybridized carbons (Fsp3) is 0.222. The fourth-order valence-electron chi connectivity index (χ4n) is 2.08. The molecule has 0 aliphatic rings. The number of nitrogens with zero attached hydrogens (tertiary/aromatic N) is 2. The van der Waals surface area contributed by atoms with Crippen molar-refractivity contribution in [3.05, 3.63) is 54.4 Å². The Balaban J connectivity index is 0.000000567. The number of rotatable bonds is 3.